The first kappa shape index (κ1) is 16.5. The highest BCUT2D eigenvalue weighted by Gasteiger charge is 2.22. The standard InChI is InChI=1S/C17H21F2N5/c1-5-7-24-17-15(11(4)22-24)12(16(18)19)8-14(20-17)13-9-23(6-2)21-10(13)3/h8-9,16H,5-7H2,1-4H3. The first-order chi connectivity index (χ1) is 11.5. The summed E-state index contributed by atoms with van der Waals surface area (Å²) >= 11 is 0. The van der Waals surface area contributed by atoms with Crippen LogP contribution in [0.1, 0.15) is 43.6 Å². The van der Waals surface area contributed by atoms with Crippen LogP contribution in [0.3, 0.4) is 0 Å². The molecule has 5 nitrogen and oxygen atoms in total. The van der Waals surface area contributed by atoms with Crippen LogP contribution in [0.2, 0.25) is 0 Å². The van der Waals surface area contributed by atoms with Crippen LogP contribution < -0.4 is 0 Å². The maximum absolute atomic E-state index is 13.7. The lowest BCUT2D eigenvalue weighted by molar-refractivity contribution is 0.153. The first-order valence-corrected chi connectivity index (χ1v) is 8.16. The Morgan fingerprint density at radius 3 is 2.46 bits per heavy atom. The summed E-state index contributed by atoms with van der Waals surface area (Å²) in [5.74, 6) is 0. The van der Waals surface area contributed by atoms with Crippen LogP contribution in [0.5, 0.6) is 0 Å². The van der Waals surface area contributed by atoms with Crippen molar-refractivity contribution in [1.29, 1.82) is 0 Å². The van der Waals surface area contributed by atoms with Crippen molar-refractivity contribution >= 4 is 11.0 Å². The van der Waals surface area contributed by atoms with Crippen LogP contribution in [0.25, 0.3) is 22.3 Å². The fourth-order valence-corrected chi connectivity index (χ4v) is 3.00. The smallest absolute Gasteiger partial charge is 0.264 e. The second kappa shape index (κ2) is 6.30. The highest BCUT2D eigenvalue weighted by atomic mass is 19.3. The largest absolute Gasteiger partial charge is 0.272 e. The molecule has 0 N–H and O–H groups in total. The molecule has 0 bridgehead atoms. The third-order valence-electron chi connectivity index (χ3n) is 4.12. The molecule has 0 saturated heterocycles. The minimum Gasteiger partial charge on any atom is -0.272 e. The quantitative estimate of drug-likeness (QED) is 0.700. The number of rotatable bonds is 5. The number of hydrogen-bond acceptors (Lipinski definition) is 3. The summed E-state index contributed by atoms with van der Waals surface area (Å²) in [4.78, 5) is 4.65. The van der Waals surface area contributed by atoms with Gasteiger partial charge in [-0.05, 0) is 33.3 Å². The van der Waals surface area contributed by atoms with E-state index in [1.165, 1.54) is 6.07 Å². The number of aromatic nitrogens is 5. The molecule has 0 radical (unpaired) electrons. The molecule has 0 spiro atoms. The molecule has 0 atom stereocenters. The van der Waals surface area contributed by atoms with E-state index in [0.29, 0.717) is 29.0 Å². The Hall–Kier alpha value is -2.31. The molecule has 128 valence electrons. The molecule has 7 heteroatoms. The van der Waals surface area contributed by atoms with Crippen molar-refractivity contribution in [2.45, 2.75) is 53.6 Å². The van der Waals surface area contributed by atoms with Crippen molar-refractivity contribution in [2.24, 2.45) is 0 Å². The van der Waals surface area contributed by atoms with Crippen molar-refractivity contribution in [3.05, 3.63) is 29.2 Å². The van der Waals surface area contributed by atoms with E-state index < -0.39 is 6.43 Å². The van der Waals surface area contributed by atoms with Crippen LogP contribution in [0, 0.1) is 13.8 Å². The lowest BCUT2D eigenvalue weighted by Crippen LogP contribution is -2.01. The van der Waals surface area contributed by atoms with Gasteiger partial charge in [0.15, 0.2) is 5.65 Å². The van der Waals surface area contributed by atoms with Crippen molar-refractivity contribution < 1.29 is 8.78 Å². The van der Waals surface area contributed by atoms with Gasteiger partial charge in [0, 0.05) is 30.4 Å². The number of aryl methyl sites for hydroxylation is 4. The molecule has 24 heavy (non-hydrogen) atoms. The van der Waals surface area contributed by atoms with Gasteiger partial charge < -0.3 is 0 Å². The third kappa shape index (κ3) is 2.68. The number of halogens is 2. The normalized spacial score (nSPS) is 11.8. The molecule has 0 saturated carbocycles. The summed E-state index contributed by atoms with van der Waals surface area (Å²) in [7, 11) is 0. The van der Waals surface area contributed by atoms with Crippen molar-refractivity contribution in [3.8, 4) is 11.3 Å². The maximum Gasteiger partial charge on any atom is 0.264 e. The lowest BCUT2D eigenvalue weighted by Gasteiger charge is -2.08. The molecule has 0 aliphatic carbocycles. The molecule has 0 fully saturated rings. The fraction of sp³-hybridized carbons (Fsp3) is 0.471. The van der Waals surface area contributed by atoms with Gasteiger partial charge in [-0.2, -0.15) is 10.2 Å². The predicted octanol–water partition coefficient (Wildman–Crippen LogP) is 4.28. The number of hydrogen-bond donors (Lipinski definition) is 0. The SMILES string of the molecule is CCCn1nc(C)c2c(C(F)F)cc(-c3cn(CC)nc3C)nc21. The van der Waals surface area contributed by atoms with Gasteiger partial charge in [0.25, 0.3) is 6.43 Å². The lowest BCUT2D eigenvalue weighted by atomic mass is 10.1. The highest BCUT2D eigenvalue weighted by Crippen LogP contribution is 2.33. The molecular weight excluding hydrogens is 312 g/mol. The van der Waals surface area contributed by atoms with Gasteiger partial charge in [0.2, 0.25) is 0 Å². The Labute approximate surface area is 139 Å². The summed E-state index contributed by atoms with van der Waals surface area (Å²) in [5.41, 5.74) is 3.18. The van der Waals surface area contributed by atoms with Gasteiger partial charge in [-0.25, -0.2) is 18.4 Å². The van der Waals surface area contributed by atoms with Gasteiger partial charge in [-0.3, -0.25) is 4.68 Å². The van der Waals surface area contributed by atoms with Gasteiger partial charge in [0.05, 0.1) is 22.5 Å². The second-order valence-corrected chi connectivity index (χ2v) is 5.89. The Morgan fingerprint density at radius 2 is 1.88 bits per heavy atom. The van der Waals surface area contributed by atoms with E-state index in [0.717, 1.165) is 24.2 Å². The Kier molecular flexibility index (Phi) is 4.34. The van der Waals surface area contributed by atoms with E-state index in [4.69, 9.17) is 0 Å². The molecule has 0 aliphatic heterocycles. The molecule has 0 aliphatic rings. The fourth-order valence-electron chi connectivity index (χ4n) is 3.00. The summed E-state index contributed by atoms with van der Waals surface area (Å²) in [6, 6.07) is 1.47. The van der Waals surface area contributed by atoms with Crippen LogP contribution in [-0.4, -0.2) is 24.5 Å². The number of fused-ring (bicyclic) bond motifs is 1. The summed E-state index contributed by atoms with van der Waals surface area (Å²) < 4.78 is 30.8. The molecule has 3 aromatic rings. The first-order valence-electron chi connectivity index (χ1n) is 8.16. The Balaban J connectivity index is 2.29. The van der Waals surface area contributed by atoms with Gasteiger partial charge >= 0.3 is 0 Å². The zero-order chi connectivity index (χ0) is 17.4. The summed E-state index contributed by atoms with van der Waals surface area (Å²) in [5, 5.41) is 9.25. The molecule has 3 heterocycles. The summed E-state index contributed by atoms with van der Waals surface area (Å²) in [6.07, 6.45) is 0.138. The van der Waals surface area contributed by atoms with E-state index in [1.54, 1.807) is 16.3 Å². The minimum atomic E-state index is -2.58. The zero-order valence-electron chi connectivity index (χ0n) is 14.3. The minimum absolute atomic E-state index is 0.0153. The van der Waals surface area contributed by atoms with Gasteiger partial charge in [0.1, 0.15) is 0 Å². The number of nitrogens with zero attached hydrogens (tertiary/aromatic N) is 5. The van der Waals surface area contributed by atoms with Crippen LogP contribution in [0.4, 0.5) is 8.78 Å². The van der Waals surface area contributed by atoms with Gasteiger partial charge in [-0.15, -0.1) is 0 Å². The van der Waals surface area contributed by atoms with Crippen molar-refractivity contribution in [2.75, 3.05) is 0 Å². The number of pyridine rings is 1. The second-order valence-electron chi connectivity index (χ2n) is 5.89. The van der Waals surface area contributed by atoms with Crippen molar-refractivity contribution in [1.82, 2.24) is 24.5 Å². The molecule has 3 aromatic heterocycles. The van der Waals surface area contributed by atoms with E-state index >= 15 is 0 Å². The molecule has 0 unspecified atom stereocenters. The molecular formula is C17H21F2N5. The Morgan fingerprint density at radius 1 is 1.12 bits per heavy atom. The average Bonchev–Trinajstić information content (AvgIpc) is 3.07. The van der Waals surface area contributed by atoms with Crippen molar-refractivity contribution in [3.63, 3.8) is 0 Å². The molecule has 0 amide bonds. The highest BCUT2D eigenvalue weighted by molar-refractivity contribution is 5.85. The van der Waals surface area contributed by atoms with Gasteiger partial charge in [-0.1, -0.05) is 6.92 Å². The Bertz CT molecular complexity index is 879. The van der Waals surface area contributed by atoms with Crippen LogP contribution in [-0.2, 0) is 13.1 Å². The van der Waals surface area contributed by atoms with E-state index in [-0.39, 0.29) is 5.56 Å². The topological polar surface area (TPSA) is 48.5 Å². The molecule has 0 aromatic carbocycles. The third-order valence-corrected chi connectivity index (χ3v) is 4.12. The monoisotopic (exact) mass is 333 g/mol. The van der Waals surface area contributed by atoms with Crippen LogP contribution >= 0.6 is 0 Å². The van der Waals surface area contributed by atoms with E-state index in [9.17, 15) is 8.78 Å². The predicted molar refractivity (Wildman–Crippen MR) is 89.1 cm³/mol. The van der Waals surface area contributed by atoms with Crippen LogP contribution in [0.15, 0.2) is 12.3 Å². The maximum atomic E-state index is 13.7. The van der Waals surface area contributed by atoms with E-state index in [2.05, 4.69) is 15.2 Å². The molecule has 3 rings (SSSR count). The van der Waals surface area contributed by atoms with E-state index in [1.807, 2.05) is 27.0 Å². The zero-order valence-corrected chi connectivity index (χ0v) is 14.3. The number of alkyl halides is 2. The average molecular weight is 333 g/mol. The summed E-state index contributed by atoms with van der Waals surface area (Å²) in [6.45, 7) is 8.99.